The van der Waals surface area contributed by atoms with Crippen LogP contribution in [0.3, 0.4) is 0 Å². The van der Waals surface area contributed by atoms with Gasteiger partial charge >= 0.3 is 6.03 Å². The first kappa shape index (κ1) is 22.5. The Bertz CT molecular complexity index is 1020. The summed E-state index contributed by atoms with van der Waals surface area (Å²) in [6.45, 7) is 5.40. The fraction of sp³-hybridized carbons (Fsp3) is 0.308. The highest BCUT2D eigenvalue weighted by Crippen LogP contribution is 2.22. The molecule has 1 N–H and O–H groups in total. The van der Waals surface area contributed by atoms with Crippen molar-refractivity contribution in [2.24, 2.45) is 0 Å². The van der Waals surface area contributed by atoms with Crippen LogP contribution in [0, 0.1) is 6.92 Å². The molecule has 0 aliphatic carbocycles. The van der Waals surface area contributed by atoms with Crippen LogP contribution in [0.2, 0.25) is 0 Å². The number of rotatable bonds is 6. The molecule has 2 aromatic carbocycles. The molecule has 0 atom stereocenters. The monoisotopic (exact) mass is 492 g/mol. The highest BCUT2D eigenvalue weighted by molar-refractivity contribution is 9.10. The van der Waals surface area contributed by atoms with Crippen molar-refractivity contribution in [2.45, 2.75) is 38.9 Å². The Balaban J connectivity index is 1.44. The minimum absolute atomic E-state index is 0.0721. The second kappa shape index (κ2) is 10.7. The van der Waals surface area contributed by atoms with E-state index in [0.29, 0.717) is 6.54 Å². The molecule has 6 heteroatoms. The number of anilines is 1. The summed E-state index contributed by atoms with van der Waals surface area (Å²) >= 11 is 3.45. The number of pyridine rings is 1. The zero-order chi connectivity index (χ0) is 22.3. The fourth-order valence-corrected chi connectivity index (χ4v) is 4.45. The van der Waals surface area contributed by atoms with Crippen molar-refractivity contribution in [3.05, 3.63) is 94.2 Å². The Morgan fingerprint density at radius 3 is 2.44 bits per heavy atom. The smallest absolute Gasteiger partial charge is 0.316 e. The molecule has 3 aromatic rings. The normalized spacial score (nSPS) is 14.8. The molecule has 2 amide bonds. The summed E-state index contributed by atoms with van der Waals surface area (Å²) in [5.41, 5.74) is 4.01. The first-order valence-electron chi connectivity index (χ1n) is 11.1. The van der Waals surface area contributed by atoms with Gasteiger partial charge in [0.1, 0.15) is 0 Å². The van der Waals surface area contributed by atoms with Gasteiger partial charge in [-0.25, -0.2) is 4.79 Å². The molecule has 32 heavy (non-hydrogen) atoms. The number of hydrogen-bond acceptors (Lipinski definition) is 3. The van der Waals surface area contributed by atoms with Crippen LogP contribution < -0.4 is 5.32 Å². The Morgan fingerprint density at radius 1 is 1.03 bits per heavy atom. The lowest BCUT2D eigenvalue weighted by molar-refractivity contribution is 0.119. The summed E-state index contributed by atoms with van der Waals surface area (Å²) in [4.78, 5) is 22.4. The van der Waals surface area contributed by atoms with Crippen molar-refractivity contribution in [3.8, 4) is 0 Å². The van der Waals surface area contributed by atoms with Crippen LogP contribution in [0.25, 0.3) is 0 Å². The van der Waals surface area contributed by atoms with E-state index < -0.39 is 0 Å². The number of carbonyl (C=O) groups excluding carboxylic acids is 1. The van der Waals surface area contributed by atoms with Gasteiger partial charge in [-0.1, -0.05) is 52.3 Å². The zero-order valence-corrected chi connectivity index (χ0v) is 20.0. The SMILES string of the molecule is Cc1cccc(CN(C(=O)Nc2ccc(Br)cc2)C2CCN(Cc3ccccc3)CC2)n1. The predicted octanol–water partition coefficient (Wildman–Crippen LogP) is 5.85. The van der Waals surface area contributed by atoms with Gasteiger partial charge < -0.3 is 10.2 Å². The summed E-state index contributed by atoms with van der Waals surface area (Å²) < 4.78 is 0.988. The van der Waals surface area contributed by atoms with Crippen LogP contribution in [0.15, 0.2) is 77.3 Å². The van der Waals surface area contributed by atoms with E-state index in [-0.39, 0.29) is 12.1 Å². The molecule has 0 saturated carbocycles. The summed E-state index contributed by atoms with van der Waals surface area (Å²) in [5.74, 6) is 0. The predicted molar refractivity (Wildman–Crippen MR) is 132 cm³/mol. The number of nitrogens with zero attached hydrogens (tertiary/aromatic N) is 3. The number of hydrogen-bond donors (Lipinski definition) is 1. The summed E-state index contributed by atoms with van der Waals surface area (Å²) in [6, 6.07) is 24.4. The van der Waals surface area contributed by atoms with Crippen molar-refractivity contribution < 1.29 is 4.79 Å². The molecule has 1 aliphatic heterocycles. The van der Waals surface area contributed by atoms with E-state index in [1.54, 1.807) is 0 Å². The first-order valence-corrected chi connectivity index (χ1v) is 11.9. The maximum absolute atomic E-state index is 13.3. The molecule has 0 unspecified atom stereocenters. The molecule has 0 radical (unpaired) electrons. The number of benzene rings is 2. The molecule has 0 bridgehead atoms. The number of halogens is 1. The van der Waals surface area contributed by atoms with Crippen molar-refractivity contribution in [3.63, 3.8) is 0 Å². The van der Waals surface area contributed by atoms with E-state index in [9.17, 15) is 4.79 Å². The maximum Gasteiger partial charge on any atom is 0.322 e. The zero-order valence-electron chi connectivity index (χ0n) is 18.4. The van der Waals surface area contributed by atoms with Gasteiger partial charge in [0, 0.05) is 41.5 Å². The molecular formula is C26H29BrN4O. The highest BCUT2D eigenvalue weighted by Gasteiger charge is 2.28. The van der Waals surface area contributed by atoms with Crippen LogP contribution in [0.1, 0.15) is 29.8 Å². The molecule has 1 aromatic heterocycles. The van der Waals surface area contributed by atoms with Gasteiger partial charge in [0.15, 0.2) is 0 Å². The molecule has 1 saturated heterocycles. The first-order chi connectivity index (χ1) is 15.6. The van der Waals surface area contributed by atoms with Crippen LogP contribution in [0.5, 0.6) is 0 Å². The van der Waals surface area contributed by atoms with Crippen LogP contribution in [0.4, 0.5) is 10.5 Å². The van der Waals surface area contributed by atoms with Gasteiger partial charge in [0.25, 0.3) is 0 Å². The number of carbonyl (C=O) groups is 1. The third-order valence-corrected chi connectivity index (χ3v) is 6.41. The third-order valence-electron chi connectivity index (χ3n) is 5.88. The molecule has 166 valence electrons. The van der Waals surface area contributed by atoms with Crippen LogP contribution >= 0.6 is 15.9 Å². The van der Waals surface area contributed by atoms with Crippen molar-refractivity contribution >= 4 is 27.6 Å². The van der Waals surface area contributed by atoms with Crippen molar-refractivity contribution in [1.82, 2.24) is 14.8 Å². The van der Waals surface area contributed by atoms with E-state index in [1.807, 2.05) is 54.3 Å². The lowest BCUT2D eigenvalue weighted by atomic mass is 10.0. The lowest BCUT2D eigenvalue weighted by Gasteiger charge is -2.38. The quantitative estimate of drug-likeness (QED) is 0.469. The average molecular weight is 493 g/mol. The largest absolute Gasteiger partial charge is 0.322 e. The number of piperidine rings is 1. The average Bonchev–Trinajstić information content (AvgIpc) is 2.80. The minimum Gasteiger partial charge on any atom is -0.316 e. The highest BCUT2D eigenvalue weighted by atomic mass is 79.9. The van der Waals surface area contributed by atoms with E-state index in [2.05, 4.69) is 61.5 Å². The summed E-state index contributed by atoms with van der Waals surface area (Å²) in [5, 5.41) is 3.08. The minimum atomic E-state index is -0.0721. The van der Waals surface area contributed by atoms with Crippen molar-refractivity contribution in [2.75, 3.05) is 18.4 Å². The maximum atomic E-state index is 13.3. The lowest BCUT2D eigenvalue weighted by Crippen LogP contribution is -2.48. The Kier molecular flexibility index (Phi) is 7.55. The topological polar surface area (TPSA) is 48.5 Å². The van der Waals surface area contributed by atoms with Gasteiger partial charge in [-0.05, 0) is 61.7 Å². The molecule has 2 heterocycles. The summed E-state index contributed by atoms with van der Waals surface area (Å²) in [7, 11) is 0. The third kappa shape index (κ3) is 6.17. The number of likely N-dealkylation sites (tertiary alicyclic amines) is 1. The molecular weight excluding hydrogens is 464 g/mol. The van der Waals surface area contributed by atoms with Gasteiger partial charge in [0.2, 0.25) is 0 Å². The van der Waals surface area contributed by atoms with Gasteiger partial charge in [-0.2, -0.15) is 0 Å². The molecule has 4 rings (SSSR count). The van der Waals surface area contributed by atoms with Crippen LogP contribution in [-0.4, -0.2) is 39.9 Å². The number of amides is 2. The molecule has 1 aliphatic rings. The van der Waals surface area contributed by atoms with Gasteiger partial charge in [-0.3, -0.25) is 9.88 Å². The Morgan fingerprint density at radius 2 is 1.75 bits per heavy atom. The fourth-order valence-electron chi connectivity index (χ4n) is 4.19. The van der Waals surface area contributed by atoms with E-state index in [0.717, 1.165) is 54.0 Å². The Labute approximate surface area is 198 Å². The van der Waals surface area contributed by atoms with E-state index in [1.165, 1.54) is 5.56 Å². The molecule has 0 spiro atoms. The number of nitrogens with one attached hydrogen (secondary N) is 1. The van der Waals surface area contributed by atoms with Crippen molar-refractivity contribution in [1.29, 1.82) is 0 Å². The summed E-state index contributed by atoms with van der Waals surface area (Å²) in [6.07, 6.45) is 1.90. The number of aryl methyl sites for hydroxylation is 1. The second-order valence-corrected chi connectivity index (χ2v) is 9.24. The Hall–Kier alpha value is -2.70. The van der Waals surface area contributed by atoms with E-state index in [4.69, 9.17) is 0 Å². The standard InChI is InChI=1S/C26H29BrN4O/c1-20-6-5-9-24(28-20)19-31(26(32)29-23-12-10-22(27)11-13-23)25-14-16-30(17-15-25)18-21-7-3-2-4-8-21/h2-13,25H,14-19H2,1H3,(H,29,32). The molecule has 5 nitrogen and oxygen atoms in total. The number of aromatic nitrogens is 1. The van der Waals surface area contributed by atoms with Gasteiger partial charge in [0.05, 0.1) is 12.2 Å². The second-order valence-electron chi connectivity index (χ2n) is 8.33. The molecule has 1 fully saturated rings. The van der Waals surface area contributed by atoms with Crippen LogP contribution in [-0.2, 0) is 13.1 Å². The van der Waals surface area contributed by atoms with E-state index >= 15 is 0 Å². The van der Waals surface area contributed by atoms with Gasteiger partial charge in [-0.15, -0.1) is 0 Å². The number of urea groups is 1.